The number of rotatable bonds is 10. The van der Waals surface area contributed by atoms with Gasteiger partial charge in [0, 0.05) is 38.6 Å². The van der Waals surface area contributed by atoms with E-state index in [1.54, 1.807) is 57.2 Å². The summed E-state index contributed by atoms with van der Waals surface area (Å²) in [6.45, 7) is 7.70. The summed E-state index contributed by atoms with van der Waals surface area (Å²) in [4.78, 5) is 75.7. The third kappa shape index (κ3) is 8.38. The monoisotopic (exact) mass is 581 g/mol. The first kappa shape index (κ1) is 31.8. The number of nitrogens with one attached hydrogen (secondary N) is 2. The molecule has 2 aromatic rings. The van der Waals surface area contributed by atoms with Gasteiger partial charge in [0.15, 0.2) is 6.04 Å². The molecular formula is C30H35N3O9. The molecule has 12 heteroatoms. The van der Waals surface area contributed by atoms with Gasteiger partial charge >= 0.3 is 17.9 Å². The second kappa shape index (κ2) is 13.3. The Kier molecular flexibility index (Phi) is 10.1. The molecule has 12 nitrogen and oxygen atoms in total. The van der Waals surface area contributed by atoms with Crippen molar-refractivity contribution < 1.29 is 43.0 Å². The van der Waals surface area contributed by atoms with E-state index >= 15 is 0 Å². The Labute approximate surface area is 243 Å². The Morgan fingerprint density at radius 3 is 2.05 bits per heavy atom. The number of carbonyl (C=O) groups excluding carboxylic acids is 6. The Balaban J connectivity index is 1.91. The summed E-state index contributed by atoms with van der Waals surface area (Å²) in [6.07, 6.45) is 0. The first-order valence-corrected chi connectivity index (χ1v) is 13.3. The Bertz CT molecular complexity index is 1380. The Morgan fingerprint density at radius 1 is 0.881 bits per heavy atom. The van der Waals surface area contributed by atoms with Crippen LogP contribution in [0.4, 0.5) is 5.69 Å². The van der Waals surface area contributed by atoms with Gasteiger partial charge in [0.1, 0.15) is 24.9 Å². The summed E-state index contributed by atoms with van der Waals surface area (Å²) in [5.74, 6) is -3.66. The number of nitrogens with zero attached hydrogens (tertiary/aromatic N) is 1. The predicted molar refractivity (Wildman–Crippen MR) is 151 cm³/mol. The maximum absolute atomic E-state index is 13.6. The van der Waals surface area contributed by atoms with Crippen LogP contribution >= 0.6 is 0 Å². The first-order valence-electron chi connectivity index (χ1n) is 13.3. The molecule has 3 rings (SSSR count). The molecule has 0 fully saturated rings. The molecule has 0 radical (unpaired) electrons. The molecule has 0 aliphatic carbocycles. The number of fused-ring (bicyclic) bond motifs is 1. The van der Waals surface area contributed by atoms with E-state index in [0.717, 1.165) is 18.1 Å². The van der Waals surface area contributed by atoms with Crippen molar-refractivity contribution in [1.82, 2.24) is 10.2 Å². The van der Waals surface area contributed by atoms with Crippen LogP contribution in [-0.2, 0) is 44.7 Å². The van der Waals surface area contributed by atoms with Gasteiger partial charge in [-0.25, -0.2) is 4.79 Å². The normalized spacial score (nSPS) is 13.9. The van der Waals surface area contributed by atoms with Crippen molar-refractivity contribution in [2.75, 3.05) is 18.5 Å². The van der Waals surface area contributed by atoms with E-state index in [1.165, 1.54) is 18.7 Å². The number of carbonyl (C=O) groups is 6. The van der Waals surface area contributed by atoms with Crippen LogP contribution in [0.15, 0.2) is 42.5 Å². The zero-order chi connectivity index (χ0) is 31.2. The fourth-order valence-electron chi connectivity index (χ4n) is 4.33. The zero-order valence-electron chi connectivity index (χ0n) is 24.4. The van der Waals surface area contributed by atoms with Gasteiger partial charge in [-0.05, 0) is 55.7 Å². The third-order valence-corrected chi connectivity index (χ3v) is 6.10. The van der Waals surface area contributed by atoms with Gasteiger partial charge in [-0.3, -0.25) is 24.0 Å². The maximum Gasteiger partial charge on any atom is 0.332 e. The van der Waals surface area contributed by atoms with Crippen molar-refractivity contribution in [1.29, 1.82) is 0 Å². The average molecular weight is 582 g/mol. The van der Waals surface area contributed by atoms with E-state index in [1.807, 2.05) is 6.07 Å². The molecule has 1 heterocycles. The van der Waals surface area contributed by atoms with Gasteiger partial charge in [0.05, 0.1) is 0 Å². The van der Waals surface area contributed by atoms with Gasteiger partial charge in [-0.15, -0.1) is 0 Å². The lowest BCUT2D eigenvalue weighted by molar-refractivity contribution is -0.162. The van der Waals surface area contributed by atoms with Crippen molar-refractivity contribution in [3.8, 4) is 11.1 Å². The molecule has 2 N–H and O–H groups in total. The van der Waals surface area contributed by atoms with E-state index in [4.69, 9.17) is 14.2 Å². The minimum absolute atomic E-state index is 0.0121. The van der Waals surface area contributed by atoms with Crippen LogP contribution in [0.2, 0.25) is 0 Å². The van der Waals surface area contributed by atoms with E-state index in [2.05, 4.69) is 10.6 Å². The van der Waals surface area contributed by atoms with Crippen LogP contribution in [0.1, 0.15) is 57.5 Å². The smallest absolute Gasteiger partial charge is 0.332 e. The number of amides is 3. The van der Waals surface area contributed by atoms with Crippen molar-refractivity contribution >= 4 is 41.3 Å². The molecule has 2 atom stereocenters. The number of hydrogen-bond acceptors (Lipinski definition) is 9. The minimum atomic E-state index is -1.38. The lowest BCUT2D eigenvalue weighted by Gasteiger charge is -2.29. The molecule has 0 spiro atoms. The predicted octanol–water partition coefficient (Wildman–Crippen LogP) is 2.59. The van der Waals surface area contributed by atoms with Crippen LogP contribution < -0.4 is 10.6 Å². The van der Waals surface area contributed by atoms with Crippen LogP contribution in [0, 0.1) is 0 Å². The summed E-state index contributed by atoms with van der Waals surface area (Å²) in [7, 11) is 0. The van der Waals surface area contributed by atoms with Crippen LogP contribution in [0.3, 0.4) is 0 Å². The van der Waals surface area contributed by atoms with Gasteiger partial charge in [-0.2, -0.15) is 0 Å². The lowest BCUT2D eigenvalue weighted by atomic mass is 9.97. The molecule has 42 heavy (non-hydrogen) atoms. The van der Waals surface area contributed by atoms with Gasteiger partial charge in [0.25, 0.3) is 5.91 Å². The fourth-order valence-corrected chi connectivity index (χ4v) is 4.33. The van der Waals surface area contributed by atoms with Gasteiger partial charge in [0.2, 0.25) is 11.8 Å². The second-order valence-corrected chi connectivity index (χ2v) is 10.7. The van der Waals surface area contributed by atoms with Crippen LogP contribution in [0.25, 0.3) is 11.1 Å². The van der Waals surface area contributed by atoms with Crippen molar-refractivity contribution in [2.24, 2.45) is 0 Å². The minimum Gasteiger partial charge on any atom is -0.463 e. The molecule has 1 aliphatic heterocycles. The maximum atomic E-state index is 13.6. The molecule has 1 aliphatic rings. The zero-order valence-corrected chi connectivity index (χ0v) is 24.4. The number of ether oxygens (including phenoxy) is 3. The standard InChI is InChI=1S/C30H35N3O9/c1-17(34)31-21-12-10-20(11-13-21)22-8-7-9-23-24(22)14-33(28(23)38)26(16-41-19(3)36)27(37)32-25(15-40-18(2)35)29(39)42-30(4,5)6/h7-13,25-26H,14-16H2,1-6H3,(H,31,34)(H,32,37)/t25-,26-/m0/s1. The highest BCUT2D eigenvalue weighted by molar-refractivity contribution is 6.03. The highest BCUT2D eigenvalue weighted by atomic mass is 16.6. The van der Waals surface area contributed by atoms with Crippen LogP contribution in [0.5, 0.6) is 0 Å². The van der Waals surface area contributed by atoms with E-state index in [0.29, 0.717) is 16.8 Å². The fraction of sp³-hybridized carbons (Fsp3) is 0.400. The SMILES string of the molecule is CC(=O)Nc1ccc(-c2cccc3c2CN([C@@H](COC(C)=O)C(=O)N[C@@H](COC(C)=O)C(=O)OC(C)(C)C)C3=O)cc1. The molecule has 3 amide bonds. The molecule has 0 saturated heterocycles. The summed E-state index contributed by atoms with van der Waals surface area (Å²) in [6, 6.07) is 9.58. The van der Waals surface area contributed by atoms with Crippen molar-refractivity contribution in [3.05, 3.63) is 53.6 Å². The second-order valence-electron chi connectivity index (χ2n) is 10.7. The van der Waals surface area contributed by atoms with Crippen molar-refractivity contribution in [3.63, 3.8) is 0 Å². The quantitative estimate of drug-likeness (QED) is 0.318. The summed E-state index contributed by atoms with van der Waals surface area (Å²) in [5.41, 5.74) is 2.26. The van der Waals surface area contributed by atoms with Gasteiger partial charge < -0.3 is 29.7 Å². The highest BCUT2D eigenvalue weighted by Crippen LogP contribution is 2.34. The summed E-state index contributed by atoms with van der Waals surface area (Å²) >= 11 is 0. The lowest BCUT2D eigenvalue weighted by Crippen LogP contribution is -2.55. The largest absolute Gasteiger partial charge is 0.463 e. The number of anilines is 1. The number of esters is 3. The molecule has 0 unspecified atom stereocenters. The molecule has 2 aromatic carbocycles. The number of hydrogen-bond donors (Lipinski definition) is 2. The highest BCUT2D eigenvalue weighted by Gasteiger charge is 2.40. The Hall–Kier alpha value is -4.74. The van der Waals surface area contributed by atoms with Crippen LogP contribution in [-0.4, -0.2) is 71.4 Å². The Morgan fingerprint density at radius 2 is 1.48 bits per heavy atom. The summed E-state index contributed by atoms with van der Waals surface area (Å²) < 4.78 is 15.5. The molecule has 224 valence electrons. The topological polar surface area (TPSA) is 157 Å². The summed E-state index contributed by atoms with van der Waals surface area (Å²) in [5, 5.41) is 5.20. The van der Waals surface area contributed by atoms with E-state index in [-0.39, 0.29) is 12.5 Å². The van der Waals surface area contributed by atoms with Gasteiger partial charge in [-0.1, -0.05) is 24.3 Å². The van der Waals surface area contributed by atoms with Crippen molar-refractivity contribution in [2.45, 2.75) is 65.8 Å². The average Bonchev–Trinajstić information content (AvgIpc) is 3.21. The molecule has 0 saturated carbocycles. The molecule has 0 aromatic heterocycles. The molecular weight excluding hydrogens is 546 g/mol. The third-order valence-electron chi connectivity index (χ3n) is 6.10. The number of benzene rings is 2. The first-order chi connectivity index (χ1) is 19.7. The molecule has 0 bridgehead atoms. The van der Waals surface area contributed by atoms with E-state index in [9.17, 15) is 28.8 Å². The van der Waals surface area contributed by atoms with E-state index < -0.39 is 60.6 Å².